The van der Waals surface area contributed by atoms with Gasteiger partial charge in [0.05, 0.1) is 26.5 Å². The molecule has 0 aliphatic carbocycles. The van der Waals surface area contributed by atoms with Crippen molar-refractivity contribution in [1.82, 2.24) is 19.9 Å². The number of hydrogen-bond donors (Lipinski definition) is 0. The van der Waals surface area contributed by atoms with Crippen molar-refractivity contribution in [3.05, 3.63) is 12.4 Å². The summed E-state index contributed by atoms with van der Waals surface area (Å²) < 4.78 is 11.3. The molecule has 98 valence electrons. The quantitative estimate of drug-likeness (QED) is 0.622. The fraction of sp³-hybridized carbons (Fsp3) is 0.600. The smallest absolute Gasteiger partial charge is 0.336 e. The van der Waals surface area contributed by atoms with Gasteiger partial charge in [-0.05, 0) is 0 Å². The molecule has 1 unspecified atom stereocenters. The fourth-order valence-electron chi connectivity index (χ4n) is 1.71. The summed E-state index contributed by atoms with van der Waals surface area (Å²) in [4.78, 5) is 24.9. The molecule has 1 fully saturated rings. The first-order chi connectivity index (χ1) is 8.70. The molecular formula is C10H14N4O4. The maximum absolute atomic E-state index is 12.0. The Hall–Kier alpha value is -1.96. The first-order valence-electron chi connectivity index (χ1n) is 5.52. The summed E-state index contributed by atoms with van der Waals surface area (Å²) in [5.41, 5.74) is 0. The summed E-state index contributed by atoms with van der Waals surface area (Å²) >= 11 is 0. The molecule has 0 bridgehead atoms. The summed E-state index contributed by atoms with van der Waals surface area (Å²) in [6.45, 7) is 1.10. The van der Waals surface area contributed by atoms with Gasteiger partial charge in [0.2, 0.25) is 5.91 Å². The van der Waals surface area contributed by atoms with E-state index in [2.05, 4.69) is 15.0 Å². The van der Waals surface area contributed by atoms with E-state index in [1.165, 1.54) is 18.0 Å². The molecule has 1 aliphatic heterocycles. The monoisotopic (exact) mass is 254 g/mol. The Balaban J connectivity index is 1.92. The lowest BCUT2D eigenvalue weighted by molar-refractivity contribution is -0.162. The van der Waals surface area contributed by atoms with E-state index in [1.54, 1.807) is 11.1 Å². The van der Waals surface area contributed by atoms with Crippen molar-refractivity contribution in [1.29, 1.82) is 0 Å². The number of aromatic nitrogens is 3. The van der Waals surface area contributed by atoms with Crippen LogP contribution in [0.1, 0.15) is 0 Å². The number of nitrogens with zero attached hydrogens (tertiary/aromatic N) is 4. The Morgan fingerprint density at radius 2 is 2.39 bits per heavy atom. The van der Waals surface area contributed by atoms with Crippen molar-refractivity contribution in [3.63, 3.8) is 0 Å². The second kappa shape index (κ2) is 5.58. The van der Waals surface area contributed by atoms with Crippen LogP contribution in [0.5, 0.6) is 0 Å². The third-order valence-corrected chi connectivity index (χ3v) is 2.65. The van der Waals surface area contributed by atoms with E-state index in [1.807, 2.05) is 0 Å². The van der Waals surface area contributed by atoms with Gasteiger partial charge in [-0.2, -0.15) is 0 Å². The van der Waals surface area contributed by atoms with Crippen LogP contribution in [0.2, 0.25) is 0 Å². The molecule has 1 aromatic heterocycles. The van der Waals surface area contributed by atoms with Crippen molar-refractivity contribution in [2.75, 3.05) is 26.8 Å². The predicted molar refractivity (Wildman–Crippen MR) is 58.4 cm³/mol. The molecule has 2 rings (SSSR count). The summed E-state index contributed by atoms with van der Waals surface area (Å²) in [6, 6.07) is 0. The molecule has 8 heteroatoms. The third-order valence-electron chi connectivity index (χ3n) is 2.65. The van der Waals surface area contributed by atoms with Crippen LogP contribution in [-0.2, 0) is 25.6 Å². The van der Waals surface area contributed by atoms with Gasteiger partial charge in [0.15, 0.2) is 6.10 Å². The van der Waals surface area contributed by atoms with Crippen LogP contribution in [0.25, 0.3) is 0 Å². The van der Waals surface area contributed by atoms with Gasteiger partial charge in [0.1, 0.15) is 6.54 Å². The Bertz CT molecular complexity index is 420. The van der Waals surface area contributed by atoms with E-state index in [9.17, 15) is 9.59 Å². The van der Waals surface area contributed by atoms with E-state index in [4.69, 9.17) is 4.74 Å². The van der Waals surface area contributed by atoms with Gasteiger partial charge in [-0.3, -0.25) is 4.79 Å². The minimum absolute atomic E-state index is 0.105. The van der Waals surface area contributed by atoms with Crippen LogP contribution in [0.3, 0.4) is 0 Å². The zero-order valence-electron chi connectivity index (χ0n) is 9.98. The number of amides is 1. The van der Waals surface area contributed by atoms with Crippen LogP contribution in [-0.4, -0.2) is 64.7 Å². The molecule has 1 saturated heterocycles. The number of morpholine rings is 1. The van der Waals surface area contributed by atoms with Gasteiger partial charge in [-0.25, -0.2) is 9.48 Å². The molecular weight excluding hydrogens is 240 g/mol. The van der Waals surface area contributed by atoms with Crippen molar-refractivity contribution >= 4 is 11.9 Å². The van der Waals surface area contributed by atoms with Crippen LogP contribution in [0.4, 0.5) is 0 Å². The molecule has 1 atom stereocenters. The van der Waals surface area contributed by atoms with Crippen molar-refractivity contribution in [2.45, 2.75) is 12.6 Å². The van der Waals surface area contributed by atoms with Gasteiger partial charge in [-0.15, -0.1) is 5.10 Å². The Morgan fingerprint density at radius 3 is 3.06 bits per heavy atom. The van der Waals surface area contributed by atoms with Crippen LogP contribution in [0.15, 0.2) is 12.4 Å². The highest BCUT2D eigenvalue weighted by atomic mass is 16.6. The zero-order chi connectivity index (χ0) is 13.0. The topological polar surface area (TPSA) is 86.6 Å². The summed E-state index contributed by atoms with van der Waals surface area (Å²) in [5, 5.41) is 7.34. The van der Waals surface area contributed by atoms with Gasteiger partial charge in [0, 0.05) is 12.7 Å². The minimum Gasteiger partial charge on any atom is -0.467 e. The Kier molecular flexibility index (Phi) is 3.88. The van der Waals surface area contributed by atoms with Crippen molar-refractivity contribution < 1.29 is 19.1 Å². The van der Waals surface area contributed by atoms with E-state index < -0.39 is 12.1 Å². The molecule has 1 aliphatic rings. The number of esters is 1. The van der Waals surface area contributed by atoms with Gasteiger partial charge in [0.25, 0.3) is 0 Å². The van der Waals surface area contributed by atoms with E-state index in [-0.39, 0.29) is 19.0 Å². The number of ether oxygens (including phenoxy) is 2. The van der Waals surface area contributed by atoms with E-state index >= 15 is 0 Å². The molecule has 18 heavy (non-hydrogen) atoms. The summed E-state index contributed by atoms with van der Waals surface area (Å²) in [6.07, 6.45) is 2.41. The second-order valence-corrected chi connectivity index (χ2v) is 3.82. The molecule has 0 radical (unpaired) electrons. The molecule has 0 spiro atoms. The first kappa shape index (κ1) is 12.5. The van der Waals surface area contributed by atoms with Crippen molar-refractivity contribution in [2.24, 2.45) is 0 Å². The van der Waals surface area contributed by atoms with Gasteiger partial charge < -0.3 is 14.4 Å². The third kappa shape index (κ3) is 2.83. The fourth-order valence-corrected chi connectivity index (χ4v) is 1.71. The van der Waals surface area contributed by atoms with Crippen LogP contribution < -0.4 is 0 Å². The number of rotatable bonds is 3. The minimum atomic E-state index is -0.705. The lowest BCUT2D eigenvalue weighted by Gasteiger charge is -2.31. The molecule has 0 aromatic carbocycles. The maximum Gasteiger partial charge on any atom is 0.336 e. The Morgan fingerprint density at radius 1 is 1.56 bits per heavy atom. The average Bonchev–Trinajstić information content (AvgIpc) is 2.90. The first-order valence-corrected chi connectivity index (χ1v) is 5.52. The highest BCUT2D eigenvalue weighted by Gasteiger charge is 2.29. The molecule has 0 saturated carbocycles. The lowest BCUT2D eigenvalue weighted by atomic mass is 10.2. The van der Waals surface area contributed by atoms with Gasteiger partial charge >= 0.3 is 5.97 Å². The standard InChI is InChI=1S/C10H14N4O4/c1-17-10(16)8-6-13(4-5-18-8)9(15)7-14-3-2-11-12-14/h2-3,8H,4-7H2,1H3. The molecule has 1 amide bonds. The zero-order valence-corrected chi connectivity index (χ0v) is 9.98. The van der Waals surface area contributed by atoms with Gasteiger partial charge in [-0.1, -0.05) is 5.21 Å². The highest BCUT2D eigenvalue weighted by Crippen LogP contribution is 2.07. The number of hydrogen-bond acceptors (Lipinski definition) is 6. The van der Waals surface area contributed by atoms with Crippen molar-refractivity contribution in [3.8, 4) is 0 Å². The van der Waals surface area contributed by atoms with E-state index in [0.717, 1.165) is 0 Å². The average molecular weight is 254 g/mol. The molecule has 2 heterocycles. The summed E-state index contributed by atoms with van der Waals surface area (Å²) in [5.74, 6) is -0.592. The molecule has 0 N–H and O–H groups in total. The maximum atomic E-state index is 12.0. The number of carbonyl (C=O) groups is 2. The molecule has 8 nitrogen and oxygen atoms in total. The Labute approximate surface area is 103 Å². The summed E-state index contributed by atoms with van der Waals surface area (Å²) in [7, 11) is 1.29. The molecule has 1 aromatic rings. The highest BCUT2D eigenvalue weighted by molar-refractivity contribution is 5.79. The second-order valence-electron chi connectivity index (χ2n) is 3.82. The van der Waals surface area contributed by atoms with Crippen LogP contribution >= 0.6 is 0 Å². The largest absolute Gasteiger partial charge is 0.467 e. The van der Waals surface area contributed by atoms with Crippen LogP contribution in [0, 0.1) is 0 Å². The lowest BCUT2D eigenvalue weighted by Crippen LogP contribution is -2.49. The number of carbonyl (C=O) groups excluding carboxylic acids is 2. The number of methoxy groups -OCH3 is 1. The van der Waals surface area contributed by atoms with E-state index in [0.29, 0.717) is 13.2 Å². The SMILES string of the molecule is COC(=O)C1CN(C(=O)Cn2ccnn2)CCO1. The normalized spacial score (nSPS) is 19.6. The predicted octanol–water partition coefficient (Wildman–Crippen LogP) is -1.32.